The van der Waals surface area contributed by atoms with Crippen LogP contribution in [0, 0.1) is 21.8 Å². The molecule has 2 N–H and O–H groups in total. The first-order chi connectivity index (χ1) is 9.49. The molecular weight excluding hydrogens is 287 g/mol. The molecule has 0 saturated heterocycles. The number of nitro groups is 1. The van der Waals surface area contributed by atoms with E-state index in [2.05, 4.69) is 5.32 Å². The summed E-state index contributed by atoms with van der Waals surface area (Å²) in [5, 5.41) is 22.5. The highest BCUT2D eigenvalue weighted by molar-refractivity contribution is 6.31. The lowest BCUT2D eigenvalue weighted by Gasteiger charge is -2.16. The Bertz CT molecular complexity index is 465. The number of halogens is 2. The van der Waals surface area contributed by atoms with E-state index < -0.39 is 10.7 Å². The van der Waals surface area contributed by atoms with E-state index in [9.17, 15) is 14.5 Å². The number of rotatable bonds is 8. The highest BCUT2D eigenvalue weighted by atomic mass is 35.5. The minimum atomic E-state index is -0.700. The molecule has 112 valence electrons. The van der Waals surface area contributed by atoms with Crippen molar-refractivity contribution in [2.75, 3.05) is 18.5 Å². The van der Waals surface area contributed by atoms with Gasteiger partial charge in [-0.25, -0.2) is 4.39 Å². The van der Waals surface area contributed by atoms with Crippen LogP contribution in [-0.4, -0.2) is 23.2 Å². The van der Waals surface area contributed by atoms with Crippen LogP contribution in [0.15, 0.2) is 12.1 Å². The summed E-state index contributed by atoms with van der Waals surface area (Å²) in [7, 11) is 0. The number of nitro benzene ring substituents is 1. The number of anilines is 1. The van der Waals surface area contributed by atoms with Gasteiger partial charge in [-0.05, 0) is 18.8 Å². The van der Waals surface area contributed by atoms with E-state index in [-0.39, 0.29) is 28.9 Å². The molecule has 1 rings (SSSR count). The minimum Gasteiger partial charge on any atom is -0.396 e. The van der Waals surface area contributed by atoms with Gasteiger partial charge in [0.2, 0.25) is 0 Å². The Morgan fingerprint density at radius 1 is 1.50 bits per heavy atom. The summed E-state index contributed by atoms with van der Waals surface area (Å²) in [6.07, 6.45) is 2.44. The summed E-state index contributed by atoms with van der Waals surface area (Å²) < 4.78 is 13.4. The first kappa shape index (κ1) is 16.7. The van der Waals surface area contributed by atoms with Crippen molar-refractivity contribution in [3.05, 3.63) is 33.1 Å². The topological polar surface area (TPSA) is 75.4 Å². The molecule has 1 aromatic rings. The second kappa shape index (κ2) is 8.01. The van der Waals surface area contributed by atoms with Crippen molar-refractivity contribution in [3.8, 4) is 0 Å². The maximum atomic E-state index is 13.4. The molecule has 0 heterocycles. The van der Waals surface area contributed by atoms with Crippen molar-refractivity contribution < 1.29 is 14.4 Å². The van der Waals surface area contributed by atoms with E-state index >= 15 is 0 Å². The zero-order chi connectivity index (χ0) is 15.1. The van der Waals surface area contributed by atoms with E-state index in [1.165, 1.54) is 0 Å². The lowest BCUT2D eigenvalue weighted by molar-refractivity contribution is -0.384. The Morgan fingerprint density at radius 2 is 2.20 bits per heavy atom. The Labute approximate surface area is 121 Å². The first-order valence-electron chi connectivity index (χ1n) is 6.47. The molecule has 0 amide bonds. The van der Waals surface area contributed by atoms with Crippen molar-refractivity contribution in [1.82, 2.24) is 0 Å². The van der Waals surface area contributed by atoms with Gasteiger partial charge in [-0.1, -0.05) is 24.9 Å². The minimum absolute atomic E-state index is 0.0589. The predicted octanol–water partition coefficient (Wildman–Crippen LogP) is 3.60. The van der Waals surface area contributed by atoms with Crippen molar-refractivity contribution in [2.45, 2.75) is 26.2 Å². The molecule has 1 unspecified atom stereocenters. The van der Waals surface area contributed by atoms with Gasteiger partial charge >= 0.3 is 0 Å². The normalized spacial score (nSPS) is 12.2. The van der Waals surface area contributed by atoms with Gasteiger partial charge < -0.3 is 10.4 Å². The fourth-order valence-corrected chi connectivity index (χ4v) is 2.18. The van der Waals surface area contributed by atoms with Gasteiger partial charge in [0, 0.05) is 25.3 Å². The van der Waals surface area contributed by atoms with Gasteiger partial charge in [-0.3, -0.25) is 10.1 Å². The van der Waals surface area contributed by atoms with Crippen LogP contribution in [0.1, 0.15) is 26.2 Å². The lowest BCUT2D eigenvalue weighted by atomic mass is 10.00. The number of nitrogens with one attached hydrogen (secondary N) is 1. The van der Waals surface area contributed by atoms with Gasteiger partial charge in [0.1, 0.15) is 11.5 Å². The molecule has 20 heavy (non-hydrogen) atoms. The Morgan fingerprint density at radius 3 is 2.75 bits per heavy atom. The van der Waals surface area contributed by atoms with Gasteiger partial charge in [0.25, 0.3) is 5.69 Å². The zero-order valence-electron chi connectivity index (χ0n) is 11.2. The van der Waals surface area contributed by atoms with Crippen LogP contribution in [0.2, 0.25) is 5.02 Å². The molecule has 0 aliphatic heterocycles. The van der Waals surface area contributed by atoms with E-state index in [4.69, 9.17) is 16.7 Å². The molecule has 7 heteroatoms. The molecule has 1 aromatic carbocycles. The Balaban J connectivity index is 2.85. The lowest BCUT2D eigenvalue weighted by Crippen LogP contribution is -2.16. The fraction of sp³-hybridized carbons (Fsp3) is 0.538. The zero-order valence-corrected chi connectivity index (χ0v) is 12.0. The van der Waals surface area contributed by atoms with E-state index in [1.54, 1.807) is 0 Å². The predicted molar refractivity (Wildman–Crippen MR) is 76.7 cm³/mol. The average molecular weight is 305 g/mol. The number of aliphatic hydroxyl groups is 1. The first-order valence-corrected chi connectivity index (χ1v) is 6.85. The third-order valence-corrected chi connectivity index (χ3v) is 3.34. The molecule has 0 saturated carbocycles. The third kappa shape index (κ3) is 4.61. The van der Waals surface area contributed by atoms with Crippen LogP contribution in [0.25, 0.3) is 0 Å². The summed E-state index contributed by atoms with van der Waals surface area (Å²) in [6.45, 7) is 2.52. The third-order valence-electron chi connectivity index (χ3n) is 3.05. The van der Waals surface area contributed by atoms with Gasteiger partial charge in [0.05, 0.1) is 9.95 Å². The smallest absolute Gasteiger partial charge is 0.294 e. The van der Waals surface area contributed by atoms with Gasteiger partial charge in [-0.15, -0.1) is 0 Å². The molecule has 0 aromatic heterocycles. The van der Waals surface area contributed by atoms with Gasteiger partial charge in [-0.2, -0.15) is 0 Å². The van der Waals surface area contributed by atoms with E-state index in [1.807, 2.05) is 6.92 Å². The van der Waals surface area contributed by atoms with E-state index in [0.717, 1.165) is 25.0 Å². The van der Waals surface area contributed by atoms with Crippen LogP contribution < -0.4 is 5.32 Å². The maximum Gasteiger partial charge on any atom is 0.294 e. The average Bonchev–Trinajstić information content (AvgIpc) is 2.39. The monoisotopic (exact) mass is 304 g/mol. The molecule has 0 spiro atoms. The number of benzene rings is 1. The molecule has 0 aliphatic carbocycles. The quantitative estimate of drug-likeness (QED) is 0.568. The summed E-state index contributed by atoms with van der Waals surface area (Å²) in [5.41, 5.74) is -0.147. The Kier molecular flexibility index (Phi) is 6.67. The molecule has 5 nitrogen and oxygen atoms in total. The van der Waals surface area contributed by atoms with Crippen molar-refractivity contribution in [1.29, 1.82) is 0 Å². The van der Waals surface area contributed by atoms with Crippen LogP contribution >= 0.6 is 11.6 Å². The van der Waals surface area contributed by atoms with E-state index in [0.29, 0.717) is 13.0 Å². The molecule has 0 aliphatic rings. The molecular formula is C13H18ClFN2O3. The number of hydrogen-bond acceptors (Lipinski definition) is 4. The maximum absolute atomic E-state index is 13.4. The molecule has 1 atom stereocenters. The number of aliphatic hydroxyl groups excluding tert-OH is 1. The largest absolute Gasteiger partial charge is 0.396 e. The highest BCUT2D eigenvalue weighted by Gasteiger charge is 2.18. The summed E-state index contributed by atoms with van der Waals surface area (Å²) in [6, 6.07) is 2.03. The Hall–Kier alpha value is -1.40. The number of hydrogen-bond donors (Lipinski definition) is 2. The van der Waals surface area contributed by atoms with Crippen molar-refractivity contribution >= 4 is 23.0 Å². The molecule has 0 fully saturated rings. The van der Waals surface area contributed by atoms with Crippen LogP contribution in [0.4, 0.5) is 15.8 Å². The second-order valence-corrected chi connectivity index (χ2v) is 5.00. The van der Waals surface area contributed by atoms with Gasteiger partial charge in [0.15, 0.2) is 0 Å². The molecule has 0 radical (unpaired) electrons. The molecule has 0 bridgehead atoms. The van der Waals surface area contributed by atoms with Crippen molar-refractivity contribution in [2.24, 2.45) is 5.92 Å². The SMILES string of the molecule is CCCC(CCO)CNc1cc(F)c(Cl)cc1[N+](=O)[O-]. The summed E-state index contributed by atoms with van der Waals surface area (Å²) >= 11 is 5.55. The number of nitrogens with zero attached hydrogens (tertiary/aromatic N) is 1. The fourth-order valence-electron chi connectivity index (χ4n) is 2.02. The highest BCUT2D eigenvalue weighted by Crippen LogP contribution is 2.30. The van der Waals surface area contributed by atoms with Crippen molar-refractivity contribution in [3.63, 3.8) is 0 Å². The second-order valence-electron chi connectivity index (χ2n) is 4.59. The van der Waals surface area contributed by atoms with Crippen LogP contribution in [0.3, 0.4) is 0 Å². The van der Waals surface area contributed by atoms with Crippen LogP contribution in [0.5, 0.6) is 0 Å². The van der Waals surface area contributed by atoms with Crippen LogP contribution in [-0.2, 0) is 0 Å². The standard InChI is InChI=1S/C13H18ClFN2O3/c1-2-3-9(4-5-18)8-16-12-7-11(15)10(14)6-13(12)17(19)20/h6-7,9,16,18H,2-5,8H2,1H3. The summed E-state index contributed by atoms with van der Waals surface area (Å²) in [4.78, 5) is 10.3. The summed E-state index contributed by atoms with van der Waals surface area (Å²) in [5.74, 6) is -0.516.